The Balaban J connectivity index is 1.35. The maximum Gasteiger partial charge on any atom is 0.191 e. The number of hydrogen-bond donors (Lipinski definition) is 1. The first-order valence-electron chi connectivity index (χ1n) is 7.55. The van der Waals surface area contributed by atoms with Crippen LogP contribution < -0.4 is 5.73 Å². The Hall–Kier alpha value is -0.880. The van der Waals surface area contributed by atoms with Crippen molar-refractivity contribution in [3.63, 3.8) is 0 Å². The topological polar surface area (TPSA) is 61.0 Å². The molecule has 3 heterocycles. The Labute approximate surface area is 132 Å². The molecular weight excluding hydrogens is 302 g/mol. The van der Waals surface area contributed by atoms with Gasteiger partial charge in [0.25, 0.3) is 0 Å². The summed E-state index contributed by atoms with van der Waals surface area (Å²) in [7, 11) is 0. The van der Waals surface area contributed by atoms with E-state index in [2.05, 4.69) is 18.0 Å². The van der Waals surface area contributed by atoms with Gasteiger partial charge in [-0.3, -0.25) is 0 Å². The van der Waals surface area contributed by atoms with E-state index >= 15 is 0 Å². The van der Waals surface area contributed by atoms with Crippen molar-refractivity contribution in [1.29, 1.82) is 0 Å². The molecule has 1 aromatic rings. The molecule has 0 bridgehead atoms. The van der Waals surface area contributed by atoms with Crippen LogP contribution in [0.5, 0.6) is 0 Å². The van der Waals surface area contributed by atoms with E-state index in [1.165, 1.54) is 24.8 Å². The number of aromatic nitrogens is 2. The summed E-state index contributed by atoms with van der Waals surface area (Å²) < 4.78 is 6.17. The van der Waals surface area contributed by atoms with Gasteiger partial charge < -0.3 is 10.5 Å². The molecule has 6 heteroatoms. The monoisotopic (exact) mass is 319 g/mol. The van der Waals surface area contributed by atoms with Crippen LogP contribution in [-0.4, -0.2) is 26.6 Å². The predicted octanol–water partition coefficient (Wildman–Crippen LogP) is 3.20. The predicted molar refractivity (Wildman–Crippen MR) is 84.5 cm³/mol. The van der Waals surface area contributed by atoms with Crippen molar-refractivity contribution >= 4 is 29.3 Å². The summed E-state index contributed by atoms with van der Waals surface area (Å²) in [6.07, 6.45) is 6.35. The molecule has 2 aliphatic heterocycles. The highest BCUT2D eigenvalue weighted by atomic mass is 32.2. The highest BCUT2D eigenvalue weighted by molar-refractivity contribution is 8.01. The Bertz CT molecular complexity index is 677. The molecule has 5 rings (SSSR count). The van der Waals surface area contributed by atoms with Crippen LogP contribution in [0.3, 0.4) is 0 Å². The van der Waals surface area contributed by atoms with Gasteiger partial charge in [-0.2, -0.15) is 0 Å². The van der Waals surface area contributed by atoms with Gasteiger partial charge in [-0.05, 0) is 25.3 Å². The zero-order valence-electron chi connectivity index (χ0n) is 11.8. The Morgan fingerprint density at radius 1 is 1.52 bits per heavy atom. The quantitative estimate of drug-likeness (QED) is 0.522. The van der Waals surface area contributed by atoms with Gasteiger partial charge in [-0.15, -0.1) is 0 Å². The van der Waals surface area contributed by atoms with E-state index in [1.807, 2.05) is 11.8 Å². The molecule has 21 heavy (non-hydrogen) atoms. The van der Waals surface area contributed by atoms with E-state index in [1.54, 1.807) is 11.8 Å². The van der Waals surface area contributed by atoms with E-state index in [-0.39, 0.29) is 0 Å². The number of anilines is 1. The lowest BCUT2D eigenvalue weighted by Gasteiger charge is -2.09. The van der Waals surface area contributed by atoms with Crippen molar-refractivity contribution in [1.82, 2.24) is 9.97 Å². The van der Waals surface area contributed by atoms with Gasteiger partial charge in [-0.25, -0.2) is 9.97 Å². The summed E-state index contributed by atoms with van der Waals surface area (Å²) in [6, 6.07) is 0. The molecule has 4 atom stereocenters. The third kappa shape index (κ3) is 1.84. The average Bonchev–Trinajstić information content (AvgIpc) is 3.31. The molecule has 110 valence electrons. The van der Waals surface area contributed by atoms with Gasteiger partial charge in [-0.1, -0.05) is 30.4 Å². The minimum Gasteiger partial charge on any atom is -0.494 e. The largest absolute Gasteiger partial charge is 0.494 e. The van der Waals surface area contributed by atoms with E-state index in [0.717, 1.165) is 21.7 Å². The molecule has 2 N–H and O–H groups in total. The third-order valence-electron chi connectivity index (χ3n) is 5.02. The Morgan fingerprint density at radius 2 is 2.43 bits per heavy atom. The standard InChI is InChI=1S/C15H17N3OS2/c1-2-15-5-9(15)11-12(16)17-14(18-13(11)21-15)20-6-8-3-7-4-10(7)19-8/h3,7,9-10H,2,4-6H2,1H3,(H2,16,17,18). The van der Waals surface area contributed by atoms with Gasteiger partial charge >= 0.3 is 0 Å². The summed E-state index contributed by atoms with van der Waals surface area (Å²) in [6.45, 7) is 2.26. The number of thioether (sulfide) groups is 2. The van der Waals surface area contributed by atoms with E-state index in [0.29, 0.717) is 28.5 Å². The van der Waals surface area contributed by atoms with Crippen LogP contribution in [0.2, 0.25) is 0 Å². The van der Waals surface area contributed by atoms with Crippen LogP contribution in [0, 0.1) is 5.92 Å². The molecule has 2 aliphatic carbocycles. The van der Waals surface area contributed by atoms with Gasteiger partial charge in [0.1, 0.15) is 22.7 Å². The first-order valence-corrected chi connectivity index (χ1v) is 9.35. The average molecular weight is 319 g/mol. The van der Waals surface area contributed by atoms with E-state index in [9.17, 15) is 0 Å². The maximum atomic E-state index is 6.19. The molecule has 4 nitrogen and oxygen atoms in total. The Morgan fingerprint density at radius 3 is 3.19 bits per heavy atom. The highest BCUT2D eigenvalue weighted by Gasteiger charge is 2.61. The molecule has 4 unspecified atom stereocenters. The fourth-order valence-electron chi connectivity index (χ4n) is 3.53. The third-order valence-corrected chi connectivity index (χ3v) is 7.54. The van der Waals surface area contributed by atoms with Gasteiger partial charge in [0.15, 0.2) is 5.16 Å². The van der Waals surface area contributed by atoms with Crippen molar-refractivity contribution in [2.45, 2.75) is 53.1 Å². The van der Waals surface area contributed by atoms with Crippen molar-refractivity contribution in [3.8, 4) is 0 Å². The Kier molecular flexibility index (Phi) is 2.47. The number of nitrogen functional groups attached to an aromatic ring is 1. The van der Waals surface area contributed by atoms with Crippen molar-refractivity contribution in [2.75, 3.05) is 11.5 Å². The van der Waals surface area contributed by atoms with Crippen molar-refractivity contribution < 1.29 is 4.74 Å². The lowest BCUT2D eigenvalue weighted by Crippen LogP contribution is -2.02. The zero-order valence-corrected chi connectivity index (χ0v) is 13.5. The summed E-state index contributed by atoms with van der Waals surface area (Å²) in [4.78, 5) is 9.24. The molecular formula is C15H17N3OS2. The summed E-state index contributed by atoms with van der Waals surface area (Å²) >= 11 is 3.55. The van der Waals surface area contributed by atoms with Crippen molar-refractivity contribution in [3.05, 3.63) is 17.4 Å². The first-order chi connectivity index (χ1) is 10.2. The molecule has 0 saturated heterocycles. The minimum atomic E-state index is 0.382. The second-order valence-corrected chi connectivity index (χ2v) is 8.71. The molecule has 2 fully saturated rings. The molecule has 0 radical (unpaired) electrons. The van der Waals surface area contributed by atoms with E-state index < -0.39 is 0 Å². The molecule has 0 amide bonds. The fraction of sp³-hybridized carbons (Fsp3) is 0.600. The van der Waals surface area contributed by atoms with Gasteiger partial charge in [0, 0.05) is 22.1 Å². The lowest BCUT2D eigenvalue weighted by molar-refractivity contribution is 0.212. The van der Waals surface area contributed by atoms with Crippen LogP contribution in [0.4, 0.5) is 5.82 Å². The van der Waals surface area contributed by atoms with Gasteiger partial charge in [0.2, 0.25) is 0 Å². The van der Waals surface area contributed by atoms with Crippen LogP contribution in [0.1, 0.15) is 37.7 Å². The molecule has 4 aliphatic rings. The fourth-order valence-corrected chi connectivity index (χ4v) is 5.87. The summed E-state index contributed by atoms with van der Waals surface area (Å²) in [5.74, 6) is 3.87. The second-order valence-electron chi connectivity index (χ2n) is 6.36. The summed E-state index contributed by atoms with van der Waals surface area (Å²) in [5.41, 5.74) is 7.40. The number of nitrogens with zero attached hydrogens (tertiary/aromatic N) is 2. The summed E-state index contributed by atoms with van der Waals surface area (Å²) in [5, 5.41) is 1.91. The number of fused-ring (bicyclic) bond motifs is 4. The first kappa shape index (κ1) is 12.6. The second kappa shape index (κ2) is 4.10. The van der Waals surface area contributed by atoms with Crippen molar-refractivity contribution in [2.24, 2.45) is 5.92 Å². The molecule has 2 saturated carbocycles. The van der Waals surface area contributed by atoms with Crippen LogP contribution >= 0.6 is 23.5 Å². The SMILES string of the molecule is CCC12CC1c1c(N)nc(SCC3=CC4CC4O3)nc1S2. The zero-order chi connectivity index (χ0) is 14.2. The van der Waals surface area contributed by atoms with E-state index in [4.69, 9.17) is 15.5 Å². The minimum absolute atomic E-state index is 0.382. The number of ether oxygens (including phenoxy) is 1. The maximum absolute atomic E-state index is 6.19. The van der Waals surface area contributed by atoms with Gasteiger partial charge in [0.05, 0.1) is 5.75 Å². The van der Waals surface area contributed by atoms with Crippen LogP contribution in [0.15, 0.2) is 22.0 Å². The normalized spacial score (nSPS) is 37.4. The molecule has 1 aromatic heterocycles. The number of nitrogens with two attached hydrogens (primary N) is 1. The smallest absolute Gasteiger partial charge is 0.191 e. The number of hydrogen-bond acceptors (Lipinski definition) is 6. The van der Waals surface area contributed by atoms with Crippen LogP contribution in [-0.2, 0) is 4.74 Å². The lowest BCUT2D eigenvalue weighted by atomic mass is 10.1. The van der Waals surface area contributed by atoms with Crippen LogP contribution in [0.25, 0.3) is 0 Å². The number of rotatable bonds is 4. The molecule has 0 aromatic carbocycles. The molecule has 0 spiro atoms. The highest BCUT2D eigenvalue weighted by Crippen LogP contribution is 2.71.